The van der Waals surface area contributed by atoms with Crippen LogP contribution in [0.4, 0.5) is 0 Å². The maximum absolute atomic E-state index is 12.0. The zero-order valence-corrected chi connectivity index (χ0v) is 11.7. The number of carbonyl (C=O) groups is 2. The number of ketones is 1. The van der Waals surface area contributed by atoms with Crippen molar-refractivity contribution < 1.29 is 14.3 Å². The number of rotatable bonds is 4. The van der Waals surface area contributed by atoms with Gasteiger partial charge in [-0.05, 0) is 42.8 Å². The first kappa shape index (κ1) is 14.3. The van der Waals surface area contributed by atoms with Crippen molar-refractivity contribution in [2.75, 3.05) is 5.88 Å². The molecule has 0 saturated heterocycles. The molecule has 2 rings (SSSR count). The Balaban J connectivity index is 2.13. The Morgan fingerprint density at radius 2 is 1.70 bits per heavy atom. The standard InChI is InChI=1S/C16H13ClO3/c1-11-4-2-3-5-14(11)16(19)20-13-8-6-12(7-9-13)15(18)10-17/h2-9H,10H2,1H3. The van der Waals surface area contributed by atoms with E-state index in [-0.39, 0.29) is 11.7 Å². The van der Waals surface area contributed by atoms with Gasteiger partial charge in [-0.3, -0.25) is 4.79 Å². The van der Waals surface area contributed by atoms with Crippen molar-refractivity contribution >= 4 is 23.4 Å². The average Bonchev–Trinajstić information content (AvgIpc) is 2.47. The molecule has 0 N–H and O–H groups in total. The highest BCUT2D eigenvalue weighted by atomic mass is 35.5. The van der Waals surface area contributed by atoms with Crippen LogP contribution in [-0.2, 0) is 0 Å². The maximum atomic E-state index is 12.0. The summed E-state index contributed by atoms with van der Waals surface area (Å²) in [5, 5.41) is 0. The number of aryl methyl sites for hydroxylation is 1. The minimum Gasteiger partial charge on any atom is -0.423 e. The van der Waals surface area contributed by atoms with E-state index in [9.17, 15) is 9.59 Å². The van der Waals surface area contributed by atoms with E-state index in [1.807, 2.05) is 19.1 Å². The van der Waals surface area contributed by atoms with Crippen LogP contribution in [0.1, 0.15) is 26.3 Å². The topological polar surface area (TPSA) is 43.4 Å². The van der Waals surface area contributed by atoms with Crippen LogP contribution in [0.5, 0.6) is 5.75 Å². The van der Waals surface area contributed by atoms with Gasteiger partial charge in [-0.15, -0.1) is 11.6 Å². The first-order valence-corrected chi connectivity index (χ1v) is 6.62. The highest BCUT2D eigenvalue weighted by Crippen LogP contribution is 2.16. The lowest BCUT2D eigenvalue weighted by molar-refractivity contribution is 0.0734. The summed E-state index contributed by atoms with van der Waals surface area (Å²) < 4.78 is 5.27. The minimum atomic E-state index is -0.417. The summed E-state index contributed by atoms with van der Waals surface area (Å²) in [4.78, 5) is 23.4. The maximum Gasteiger partial charge on any atom is 0.343 e. The van der Waals surface area contributed by atoms with Crippen LogP contribution < -0.4 is 4.74 Å². The smallest absolute Gasteiger partial charge is 0.343 e. The van der Waals surface area contributed by atoms with Crippen molar-refractivity contribution in [1.82, 2.24) is 0 Å². The molecule has 2 aromatic rings. The average molecular weight is 289 g/mol. The number of Topliss-reactive ketones (excluding diaryl/α,β-unsaturated/α-hetero) is 1. The molecule has 0 unspecified atom stereocenters. The lowest BCUT2D eigenvalue weighted by Gasteiger charge is -2.07. The number of alkyl halides is 1. The van der Waals surface area contributed by atoms with Crippen molar-refractivity contribution in [1.29, 1.82) is 0 Å². The lowest BCUT2D eigenvalue weighted by atomic mass is 10.1. The summed E-state index contributed by atoms with van der Waals surface area (Å²) >= 11 is 5.47. The SMILES string of the molecule is Cc1ccccc1C(=O)Oc1ccc(C(=O)CCl)cc1. The summed E-state index contributed by atoms with van der Waals surface area (Å²) in [5.74, 6) is -0.255. The van der Waals surface area contributed by atoms with Crippen LogP contribution in [-0.4, -0.2) is 17.6 Å². The van der Waals surface area contributed by atoms with Crippen LogP contribution in [0, 0.1) is 6.92 Å². The fourth-order valence-electron chi connectivity index (χ4n) is 1.75. The van der Waals surface area contributed by atoms with Gasteiger partial charge in [0.25, 0.3) is 0 Å². The second kappa shape index (κ2) is 6.35. The Labute approximate surface area is 122 Å². The number of esters is 1. The third-order valence-electron chi connectivity index (χ3n) is 2.87. The molecule has 0 atom stereocenters. The monoisotopic (exact) mass is 288 g/mol. The van der Waals surface area contributed by atoms with Gasteiger partial charge in [0.1, 0.15) is 5.75 Å². The third kappa shape index (κ3) is 3.25. The van der Waals surface area contributed by atoms with E-state index in [0.29, 0.717) is 16.9 Å². The second-order valence-corrected chi connectivity index (χ2v) is 4.55. The first-order chi connectivity index (χ1) is 9.61. The Kier molecular flexibility index (Phi) is 4.53. The van der Waals surface area contributed by atoms with Crippen molar-refractivity contribution in [3.63, 3.8) is 0 Å². The molecule has 0 aliphatic carbocycles. The van der Waals surface area contributed by atoms with Gasteiger partial charge < -0.3 is 4.74 Å². The molecular weight excluding hydrogens is 276 g/mol. The van der Waals surface area contributed by atoms with Gasteiger partial charge >= 0.3 is 5.97 Å². The zero-order chi connectivity index (χ0) is 14.5. The molecule has 2 aromatic carbocycles. The molecule has 20 heavy (non-hydrogen) atoms. The van der Waals surface area contributed by atoms with Crippen LogP contribution in [0.2, 0.25) is 0 Å². The fourth-order valence-corrected chi connectivity index (χ4v) is 1.90. The van der Waals surface area contributed by atoms with E-state index in [1.54, 1.807) is 36.4 Å². The van der Waals surface area contributed by atoms with Gasteiger partial charge in [0.2, 0.25) is 0 Å². The van der Waals surface area contributed by atoms with E-state index in [4.69, 9.17) is 16.3 Å². The van der Waals surface area contributed by atoms with E-state index < -0.39 is 5.97 Å². The molecule has 0 amide bonds. The highest BCUT2D eigenvalue weighted by Gasteiger charge is 2.11. The molecule has 0 aromatic heterocycles. The van der Waals surface area contributed by atoms with E-state index >= 15 is 0 Å². The quantitative estimate of drug-likeness (QED) is 0.373. The Morgan fingerprint density at radius 1 is 1.05 bits per heavy atom. The number of halogens is 1. The van der Waals surface area contributed by atoms with Gasteiger partial charge in [0, 0.05) is 5.56 Å². The van der Waals surface area contributed by atoms with Gasteiger partial charge in [0.05, 0.1) is 11.4 Å². The number of ether oxygens (including phenoxy) is 1. The minimum absolute atomic E-state index is 0.0671. The molecular formula is C16H13ClO3. The predicted octanol–water partition coefficient (Wildman–Crippen LogP) is 3.64. The van der Waals surface area contributed by atoms with E-state index in [2.05, 4.69) is 0 Å². The highest BCUT2D eigenvalue weighted by molar-refractivity contribution is 6.30. The largest absolute Gasteiger partial charge is 0.423 e. The molecule has 3 nitrogen and oxygen atoms in total. The van der Waals surface area contributed by atoms with E-state index in [0.717, 1.165) is 5.56 Å². The van der Waals surface area contributed by atoms with Crippen LogP contribution in [0.25, 0.3) is 0 Å². The first-order valence-electron chi connectivity index (χ1n) is 6.09. The van der Waals surface area contributed by atoms with Crippen LogP contribution in [0.3, 0.4) is 0 Å². The van der Waals surface area contributed by atoms with Crippen molar-refractivity contribution in [3.8, 4) is 5.75 Å². The third-order valence-corrected chi connectivity index (χ3v) is 3.12. The van der Waals surface area contributed by atoms with Crippen LogP contribution >= 0.6 is 11.6 Å². The van der Waals surface area contributed by atoms with Gasteiger partial charge in [0.15, 0.2) is 5.78 Å². The van der Waals surface area contributed by atoms with Crippen molar-refractivity contribution in [2.24, 2.45) is 0 Å². The predicted molar refractivity (Wildman–Crippen MR) is 77.6 cm³/mol. The Bertz CT molecular complexity index is 632. The number of hydrogen-bond donors (Lipinski definition) is 0. The Morgan fingerprint density at radius 3 is 2.30 bits per heavy atom. The molecule has 0 aliphatic heterocycles. The lowest BCUT2D eigenvalue weighted by Crippen LogP contribution is -2.10. The van der Waals surface area contributed by atoms with Gasteiger partial charge in [-0.1, -0.05) is 18.2 Å². The van der Waals surface area contributed by atoms with Gasteiger partial charge in [-0.2, -0.15) is 0 Å². The van der Waals surface area contributed by atoms with Crippen molar-refractivity contribution in [2.45, 2.75) is 6.92 Å². The molecule has 0 heterocycles. The molecule has 0 saturated carbocycles. The summed E-state index contributed by atoms with van der Waals surface area (Å²) in [5.41, 5.74) is 1.87. The van der Waals surface area contributed by atoms with Crippen LogP contribution in [0.15, 0.2) is 48.5 Å². The number of carbonyl (C=O) groups excluding carboxylic acids is 2. The molecule has 102 valence electrons. The molecule has 0 aliphatic rings. The molecule has 0 bridgehead atoms. The summed E-state index contributed by atoms with van der Waals surface area (Å²) in [7, 11) is 0. The fraction of sp³-hybridized carbons (Fsp3) is 0.125. The van der Waals surface area contributed by atoms with Crippen molar-refractivity contribution in [3.05, 3.63) is 65.2 Å². The summed E-state index contributed by atoms with van der Waals surface area (Å²) in [6.07, 6.45) is 0. The number of benzene rings is 2. The molecule has 0 radical (unpaired) electrons. The molecule has 0 spiro atoms. The normalized spacial score (nSPS) is 10.1. The number of hydrogen-bond acceptors (Lipinski definition) is 3. The molecule has 0 fully saturated rings. The summed E-state index contributed by atoms with van der Waals surface area (Å²) in [6.45, 7) is 1.85. The second-order valence-electron chi connectivity index (χ2n) is 4.29. The Hall–Kier alpha value is -2.13. The summed E-state index contributed by atoms with van der Waals surface area (Å²) in [6, 6.07) is 13.5. The molecule has 4 heteroatoms. The van der Waals surface area contributed by atoms with E-state index in [1.165, 1.54) is 0 Å². The van der Waals surface area contributed by atoms with Gasteiger partial charge in [-0.25, -0.2) is 4.79 Å². The zero-order valence-electron chi connectivity index (χ0n) is 10.9.